The smallest absolute Gasteiger partial charge is 0.244 e. The van der Waals surface area contributed by atoms with Crippen LogP contribution in [0.4, 0.5) is 4.39 Å². The quantitative estimate of drug-likeness (QED) is 0.772. The lowest BCUT2D eigenvalue weighted by atomic mass is 9.96. The van der Waals surface area contributed by atoms with Gasteiger partial charge in [0.25, 0.3) is 0 Å². The molecule has 1 aliphatic rings. The first-order valence-corrected chi connectivity index (χ1v) is 11.6. The predicted molar refractivity (Wildman–Crippen MR) is 106 cm³/mol. The molecule has 1 amide bonds. The van der Waals surface area contributed by atoms with E-state index >= 15 is 0 Å². The number of carbonyl (C=O) groups excluding carboxylic acids is 1. The van der Waals surface area contributed by atoms with E-state index in [1.54, 1.807) is 36.3 Å². The molecule has 9 heteroatoms. The van der Waals surface area contributed by atoms with Gasteiger partial charge in [-0.05, 0) is 30.9 Å². The van der Waals surface area contributed by atoms with E-state index in [4.69, 9.17) is 0 Å². The van der Waals surface area contributed by atoms with Gasteiger partial charge in [-0.3, -0.25) is 4.79 Å². The molecule has 2 atom stereocenters. The van der Waals surface area contributed by atoms with Gasteiger partial charge in [0.2, 0.25) is 15.9 Å². The van der Waals surface area contributed by atoms with E-state index in [-0.39, 0.29) is 17.7 Å². The molecular formula is C19H24FN3O3S2. The Hall–Kier alpha value is -1.84. The summed E-state index contributed by atoms with van der Waals surface area (Å²) >= 11 is 1.56. The first-order valence-electron chi connectivity index (χ1n) is 9.24. The number of piperidine rings is 1. The van der Waals surface area contributed by atoms with Crippen molar-refractivity contribution >= 4 is 27.3 Å². The predicted octanol–water partition coefficient (Wildman–Crippen LogP) is 2.99. The summed E-state index contributed by atoms with van der Waals surface area (Å²) in [6.07, 6.45) is 3.53. The molecule has 152 valence electrons. The molecule has 6 nitrogen and oxygen atoms in total. The lowest BCUT2D eigenvalue weighted by Crippen LogP contribution is -2.53. The second kappa shape index (κ2) is 8.67. The normalized spacial score (nSPS) is 19.0. The second-order valence-electron chi connectivity index (χ2n) is 7.27. The van der Waals surface area contributed by atoms with Crippen molar-refractivity contribution in [1.29, 1.82) is 0 Å². The van der Waals surface area contributed by atoms with Crippen LogP contribution in [0.1, 0.15) is 37.6 Å². The minimum Gasteiger partial charge on any atom is -0.341 e. The van der Waals surface area contributed by atoms with Crippen molar-refractivity contribution < 1.29 is 17.6 Å². The van der Waals surface area contributed by atoms with Crippen molar-refractivity contribution in [3.8, 4) is 0 Å². The molecule has 2 aromatic rings. The summed E-state index contributed by atoms with van der Waals surface area (Å²) in [6.45, 7) is 4.63. The minimum atomic E-state index is -4.16. The maximum atomic E-state index is 14.0. The fraction of sp³-hybridized carbons (Fsp3) is 0.474. The first kappa shape index (κ1) is 20.9. The molecule has 0 spiro atoms. The van der Waals surface area contributed by atoms with E-state index in [2.05, 4.69) is 9.71 Å². The van der Waals surface area contributed by atoms with Crippen molar-refractivity contribution in [2.75, 3.05) is 13.1 Å². The Morgan fingerprint density at radius 3 is 2.75 bits per heavy atom. The van der Waals surface area contributed by atoms with Gasteiger partial charge in [-0.15, -0.1) is 11.3 Å². The molecular weight excluding hydrogens is 401 g/mol. The van der Waals surface area contributed by atoms with Gasteiger partial charge in [0, 0.05) is 30.6 Å². The van der Waals surface area contributed by atoms with Crippen LogP contribution in [0.25, 0.3) is 0 Å². The zero-order valence-electron chi connectivity index (χ0n) is 15.8. The number of nitrogens with one attached hydrogen (secondary N) is 1. The number of hydrogen-bond acceptors (Lipinski definition) is 5. The first-order chi connectivity index (χ1) is 13.3. The van der Waals surface area contributed by atoms with Crippen LogP contribution in [-0.4, -0.2) is 43.3 Å². The van der Waals surface area contributed by atoms with Crippen molar-refractivity contribution in [1.82, 2.24) is 14.6 Å². The number of hydrogen-bond donors (Lipinski definition) is 1. The number of sulfonamides is 1. The molecule has 1 aromatic heterocycles. The molecule has 1 N–H and O–H groups in total. The van der Waals surface area contributed by atoms with E-state index in [1.165, 1.54) is 18.2 Å². The second-order valence-corrected chi connectivity index (χ2v) is 9.88. The molecule has 1 unspecified atom stereocenters. The number of thiazole rings is 1. The fourth-order valence-electron chi connectivity index (χ4n) is 3.38. The molecule has 0 saturated carbocycles. The van der Waals surface area contributed by atoms with Gasteiger partial charge in [-0.25, -0.2) is 17.8 Å². The van der Waals surface area contributed by atoms with Gasteiger partial charge in [-0.2, -0.15) is 4.72 Å². The molecule has 2 heterocycles. The van der Waals surface area contributed by atoms with Crippen LogP contribution in [0.2, 0.25) is 0 Å². The van der Waals surface area contributed by atoms with Crippen molar-refractivity contribution in [3.63, 3.8) is 0 Å². The van der Waals surface area contributed by atoms with Crippen LogP contribution >= 0.6 is 11.3 Å². The summed E-state index contributed by atoms with van der Waals surface area (Å²) in [4.78, 5) is 18.7. The zero-order chi connectivity index (χ0) is 20.3. The van der Waals surface area contributed by atoms with E-state index in [0.29, 0.717) is 13.1 Å². The van der Waals surface area contributed by atoms with Gasteiger partial charge >= 0.3 is 0 Å². The highest BCUT2D eigenvalue weighted by Gasteiger charge is 2.35. The van der Waals surface area contributed by atoms with Crippen LogP contribution in [0.5, 0.6) is 0 Å². The molecule has 1 aromatic carbocycles. The van der Waals surface area contributed by atoms with Gasteiger partial charge in [0.05, 0.1) is 5.01 Å². The van der Waals surface area contributed by atoms with Crippen molar-refractivity contribution in [2.24, 2.45) is 5.92 Å². The molecule has 0 aliphatic carbocycles. The van der Waals surface area contributed by atoms with Crippen LogP contribution in [-0.2, 0) is 14.8 Å². The minimum absolute atomic E-state index is 0.161. The SMILES string of the molecule is CC(C)[C@H](NS(=O)(=O)c1ccccc1F)C(=O)N1CCCC(c2nccs2)C1. The highest BCUT2D eigenvalue weighted by molar-refractivity contribution is 7.89. The lowest BCUT2D eigenvalue weighted by Gasteiger charge is -2.35. The average Bonchev–Trinajstić information content (AvgIpc) is 3.20. The standard InChI is InChI=1S/C19H24FN3O3S2/c1-13(2)17(22-28(25,26)16-8-4-3-7-15(16)20)19(24)23-10-5-6-14(12-23)18-21-9-11-27-18/h3-4,7-9,11,13-14,17,22H,5-6,10,12H2,1-2H3/t14?,17-/m0/s1. The maximum Gasteiger partial charge on any atom is 0.244 e. The summed E-state index contributed by atoms with van der Waals surface area (Å²) in [5, 5.41) is 2.90. The largest absolute Gasteiger partial charge is 0.341 e. The van der Waals surface area contributed by atoms with E-state index in [1.807, 2.05) is 5.38 Å². The number of likely N-dealkylation sites (tertiary alicyclic amines) is 1. The van der Waals surface area contributed by atoms with E-state index in [9.17, 15) is 17.6 Å². The number of amides is 1. The highest BCUT2D eigenvalue weighted by Crippen LogP contribution is 2.29. The van der Waals surface area contributed by atoms with Gasteiger partial charge in [0.1, 0.15) is 16.8 Å². The van der Waals surface area contributed by atoms with E-state index in [0.717, 1.165) is 23.9 Å². The summed E-state index contributed by atoms with van der Waals surface area (Å²) in [5.74, 6) is -1.24. The number of carbonyl (C=O) groups is 1. The Kier molecular flexibility index (Phi) is 6.47. The number of aromatic nitrogens is 1. The topological polar surface area (TPSA) is 79.4 Å². The Balaban J connectivity index is 1.78. The van der Waals surface area contributed by atoms with E-state index < -0.39 is 26.8 Å². The van der Waals surface area contributed by atoms with Crippen LogP contribution in [0.3, 0.4) is 0 Å². The average molecular weight is 426 g/mol. The molecule has 1 aliphatic heterocycles. The third kappa shape index (κ3) is 4.59. The molecule has 3 rings (SSSR count). The molecule has 1 fully saturated rings. The van der Waals surface area contributed by atoms with Gasteiger partial charge < -0.3 is 4.90 Å². The molecule has 0 bridgehead atoms. The van der Waals surface area contributed by atoms with Gasteiger partial charge in [0.15, 0.2) is 0 Å². The van der Waals surface area contributed by atoms with Gasteiger partial charge in [-0.1, -0.05) is 26.0 Å². The van der Waals surface area contributed by atoms with Crippen LogP contribution in [0, 0.1) is 11.7 Å². The summed E-state index contributed by atoms with van der Waals surface area (Å²) < 4.78 is 41.8. The zero-order valence-corrected chi connectivity index (χ0v) is 17.5. The molecule has 28 heavy (non-hydrogen) atoms. The van der Waals surface area contributed by atoms with Crippen molar-refractivity contribution in [2.45, 2.75) is 43.5 Å². The van der Waals surface area contributed by atoms with Crippen LogP contribution in [0.15, 0.2) is 40.7 Å². The number of benzene rings is 1. The highest BCUT2D eigenvalue weighted by atomic mass is 32.2. The Bertz CT molecular complexity index is 916. The number of nitrogens with zero attached hydrogens (tertiary/aromatic N) is 2. The third-order valence-electron chi connectivity index (χ3n) is 4.87. The summed E-state index contributed by atoms with van der Waals surface area (Å²) in [7, 11) is -4.16. The summed E-state index contributed by atoms with van der Waals surface area (Å²) in [6, 6.07) is 4.20. The Morgan fingerprint density at radius 1 is 1.36 bits per heavy atom. The molecule has 0 radical (unpaired) electrons. The monoisotopic (exact) mass is 425 g/mol. The number of rotatable bonds is 6. The number of halogens is 1. The molecule has 1 saturated heterocycles. The van der Waals surface area contributed by atoms with Crippen LogP contribution < -0.4 is 4.72 Å². The Labute approximate surface area is 168 Å². The summed E-state index contributed by atoms with van der Waals surface area (Å²) in [5.41, 5.74) is 0. The Morgan fingerprint density at radius 2 is 2.11 bits per heavy atom. The maximum absolute atomic E-state index is 14.0. The lowest BCUT2D eigenvalue weighted by molar-refractivity contribution is -0.135. The fourth-order valence-corrected chi connectivity index (χ4v) is 5.56. The third-order valence-corrected chi connectivity index (χ3v) is 7.29. The van der Waals surface area contributed by atoms with Crippen molar-refractivity contribution in [3.05, 3.63) is 46.7 Å².